The number of amides is 4. The number of hydrogen-bond acceptors (Lipinski definition) is 4. The standard InChI is InChI=1S/C10H7IN2O4/c11-8-5(9(16)12-10(8)17)3-4-13-6(14)1-2-7(13)15/h1-2H,3-4H2,(H,12,16,17). The van der Waals surface area contributed by atoms with Crippen LogP contribution >= 0.6 is 22.6 Å². The Morgan fingerprint density at radius 3 is 2.12 bits per heavy atom. The molecule has 2 rings (SSSR count). The van der Waals surface area contributed by atoms with E-state index in [4.69, 9.17) is 0 Å². The van der Waals surface area contributed by atoms with Crippen molar-refractivity contribution < 1.29 is 19.2 Å². The highest BCUT2D eigenvalue weighted by molar-refractivity contribution is 14.1. The van der Waals surface area contributed by atoms with E-state index in [0.29, 0.717) is 9.15 Å². The number of carbonyl (C=O) groups excluding carboxylic acids is 4. The number of carbonyl (C=O) groups is 4. The second kappa shape index (κ2) is 4.40. The quantitative estimate of drug-likeness (QED) is 0.559. The molecule has 6 nitrogen and oxygen atoms in total. The van der Waals surface area contributed by atoms with Crippen LogP contribution in [0, 0.1) is 0 Å². The largest absolute Gasteiger partial charge is 0.288 e. The molecule has 2 aliphatic heterocycles. The Labute approximate surface area is 110 Å². The van der Waals surface area contributed by atoms with Crippen LogP contribution < -0.4 is 5.32 Å². The predicted molar refractivity (Wildman–Crippen MR) is 64.7 cm³/mol. The molecule has 0 spiro atoms. The van der Waals surface area contributed by atoms with Crippen molar-refractivity contribution in [1.82, 2.24) is 10.2 Å². The summed E-state index contributed by atoms with van der Waals surface area (Å²) in [4.78, 5) is 46.1. The fraction of sp³-hybridized carbons (Fsp3) is 0.200. The van der Waals surface area contributed by atoms with Crippen LogP contribution in [0.15, 0.2) is 21.3 Å². The van der Waals surface area contributed by atoms with Crippen LogP contribution in [0.25, 0.3) is 0 Å². The molecule has 4 amide bonds. The average Bonchev–Trinajstić information content (AvgIpc) is 2.70. The molecule has 0 bridgehead atoms. The molecule has 17 heavy (non-hydrogen) atoms. The topological polar surface area (TPSA) is 83.6 Å². The van der Waals surface area contributed by atoms with E-state index < -0.39 is 23.6 Å². The first-order valence-electron chi connectivity index (χ1n) is 4.78. The van der Waals surface area contributed by atoms with Gasteiger partial charge in [-0.3, -0.25) is 29.4 Å². The summed E-state index contributed by atoms with van der Waals surface area (Å²) in [6.07, 6.45) is 2.55. The van der Waals surface area contributed by atoms with Crippen LogP contribution in [0.5, 0.6) is 0 Å². The summed E-state index contributed by atoms with van der Waals surface area (Å²) in [5, 5.41) is 2.15. The molecule has 0 saturated heterocycles. The zero-order valence-corrected chi connectivity index (χ0v) is 10.7. The van der Waals surface area contributed by atoms with Crippen LogP contribution in [0.2, 0.25) is 0 Å². The number of halogens is 1. The minimum atomic E-state index is -0.452. The van der Waals surface area contributed by atoms with E-state index in [9.17, 15) is 19.2 Å². The van der Waals surface area contributed by atoms with Crippen molar-refractivity contribution >= 4 is 46.2 Å². The number of rotatable bonds is 3. The van der Waals surface area contributed by atoms with E-state index in [1.807, 2.05) is 0 Å². The highest BCUT2D eigenvalue weighted by Gasteiger charge is 2.30. The summed E-state index contributed by atoms with van der Waals surface area (Å²) >= 11 is 1.78. The van der Waals surface area contributed by atoms with Crippen LogP contribution in [-0.2, 0) is 19.2 Å². The average molecular weight is 346 g/mol. The first-order chi connectivity index (χ1) is 8.00. The molecular formula is C10H7IN2O4. The van der Waals surface area contributed by atoms with Gasteiger partial charge in [-0.15, -0.1) is 0 Å². The molecule has 7 heteroatoms. The van der Waals surface area contributed by atoms with Crippen molar-refractivity contribution in [2.75, 3.05) is 6.54 Å². The monoisotopic (exact) mass is 346 g/mol. The van der Waals surface area contributed by atoms with Crippen LogP contribution in [0.4, 0.5) is 0 Å². The summed E-state index contributed by atoms with van der Waals surface area (Å²) < 4.78 is 0.319. The van der Waals surface area contributed by atoms with Gasteiger partial charge >= 0.3 is 0 Å². The Morgan fingerprint density at radius 2 is 1.65 bits per heavy atom. The Bertz CT molecular complexity index is 488. The van der Waals surface area contributed by atoms with E-state index in [0.717, 1.165) is 4.90 Å². The molecule has 0 aromatic heterocycles. The minimum Gasteiger partial charge on any atom is -0.288 e. The van der Waals surface area contributed by atoms with Crippen molar-refractivity contribution in [2.45, 2.75) is 6.42 Å². The van der Waals surface area contributed by atoms with Gasteiger partial charge in [0.15, 0.2) is 0 Å². The SMILES string of the molecule is O=C1NC(=O)C(CCN2C(=O)C=CC2=O)=C1I. The minimum absolute atomic E-state index is 0.104. The third-order valence-corrected chi connectivity index (χ3v) is 3.59. The van der Waals surface area contributed by atoms with Crippen molar-refractivity contribution in [3.05, 3.63) is 21.3 Å². The lowest BCUT2D eigenvalue weighted by atomic mass is 10.2. The lowest BCUT2D eigenvalue weighted by Gasteiger charge is -2.13. The molecule has 0 unspecified atom stereocenters. The molecule has 2 heterocycles. The first-order valence-corrected chi connectivity index (χ1v) is 5.86. The van der Waals surface area contributed by atoms with Crippen LogP contribution in [-0.4, -0.2) is 35.1 Å². The second-order valence-corrected chi connectivity index (χ2v) is 4.57. The zero-order chi connectivity index (χ0) is 12.6. The highest BCUT2D eigenvalue weighted by Crippen LogP contribution is 2.22. The maximum absolute atomic E-state index is 11.4. The summed E-state index contributed by atoms with van der Waals surface area (Å²) in [6.45, 7) is 0.104. The van der Waals surface area contributed by atoms with Gasteiger partial charge in [0, 0.05) is 24.3 Å². The van der Waals surface area contributed by atoms with E-state index >= 15 is 0 Å². The number of imide groups is 2. The molecule has 0 aromatic rings. The zero-order valence-electron chi connectivity index (χ0n) is 8.53. The smallest absolute Gasteiger partial charge is 0.264 e. The third kappa shape index (κ3) is 2.14. The maximum atomic E-state index is 11.4. The lowest BCUT2D eigenvalue weighted by Crippen LogP contribution is -2.32. The molecule has 1 N–H and O–H groups in total. The second-order valence-electron chi connectivity index (χ2n) is 3.49. The number of nitrogens with one attached hydrogen (secondary N) is 1. The molecule has 0 fully saturated rings. The fourth-order valence-corrected chi connectivity index (χ4v) is 2.22. The molecule has 88 valence electrons. The third-order valence-electron chi connectivity index (χ3n) is 2.45. The van der Waals surface area contributed by atoms with Gasteiger partial charge in [0.05, 0.1) is 3.58 Å². The molecule has 0 radical (unpaired) electrons. The van der Waals surface area contributed by atoms with Crippen molar-refractivity contribution in [1.29, 1.82) is 0 Å². The van der Waals surface area contributed by atoms with Crippen molar-refractivity contribution in [3.63, 3.8) is 0 Å². The number of hydrogen-bond donors (Lipinski definition) is 1. The molecular weight excluding hydrogens is 339 g/mol. The van der Waals surface area contributed by atoms with Crippen LogP contribution in [0.3, 0.4) is 0 Å². The van der Waals surface area contributed by atoms with Gasteiger partial charge in [-0.05, 0) is 29.0 Å². The van der Waals surface area contributed by atoms with E-state index in [2.05, 4.69) is 5.32 Å². The van der Waals surface area contributed by atoms with Gasteiger partial charge in [-0.2, -0.15) is 0 Å². The number of nitrogens with zero attached hydrogens (tertiary/aromatic N) is 1. The molecule has 2 aliphatic rings. The Hall–Kier alpha value is -1.51. The maximum Gasteiger partial charge on any atom is 0.264 e. The summed E-state index contributed by atoms with van der Waals surface area (Å²) in [5.41, 5.74) is 0.322. The van der Waals surface area contributed by atoms with Gasteiger partial charge in [0.1, 0.15) is 0 Å². The lowest BCUT2D eigenvalue weighted by molar-refractivity contribution is -0.137. The van der Waals surface area contributed by atoms with Gasteiger partial charge in [-0.25, -0.2) is 0 Å². The summed E-state index contributed by atoms with van der Waals surface area (Å²) in [6, 6.07) is 0. The van der Waals surface area contributed by atoms with Gasteiger partial charge < -0.3 is 0 Å². The van der Waals surface area contributed by atoms with E-state index in [-0.39, 0.29) is 13.0 Å². The summed E-state index contributed by atoms with van der Waals surface area (Å²) in [5.74, 6) is -1.67. The van der Waals surface area contributed by atoms with Gasteiger partial charge in [0.2, 0.25) is 0 Å². The predicted octanol–water partition coefficient (Wildman–Crippen LogP) is -0.353. The van der Waals surface area contributed by atoms with Gasteiger partial charge in [-0.1, -0.05) is 0 Å². The van der Waals surface area contributed by atoms with E-state index in [1.165, 1.54) is 12.2 Å². The highest BCUT2D eigenvalue weighted by atomic mass is 127. The van der Waals surface area contributed by atoms with E-state index in [1.54, 1.807) is 22.6 Å². The van der Waals surface area contributed by atoms with Crippen molar-refractivity contribution in [3.8, 4) is 0 Å². The Morgan fingerprint density at radius 1 is 1.06 bits per heavy atom. The Kier molecular flexibility index (Phi) is 3.09. The molecule has 0 saturated carbocycles. The van der Waals surface area contributed by atoms with Crippen molar-refractivity contribution in [2.24, 2.45) is 0 Å². The normalized spacial score (nSPS) is 19.7. The molecule has 0 atom stereocenters. The van der Waals surface area contributed by atoms with Crippen LogP contribution in [0.1, 0.15) is 6.42 Å². The first kappa shape index (κ1) is 12.0. The molecule has 0 aliphatic carbocycles. The fourth-order valence-electron chi connectivity index (χ4n) is 1.57. The molecule has 0 aromatic carbocycles. The van der Waals surface area contributed by atoms with Gasteiger partial charge in [0.25, 0.3) is 23.6 Å². The Balaban J connectivity index is 2.04. The summed E-state index contributed by atoms with van der Waals surface area (Å²) in [7, 11) is 0.